The Hall–Kier alpha value is -3.41. The molecule has 0 aromatic carbocycles. The van der Waals surface area contributed by atoms with E-state index in [0.717, 1.165) is 17.3 Å². The predicted octanol–water partition coefficient (Wildman–Crippen LogP) is 3.94. The molecule has 0 aliphatic heterocycles. The minimum absolute atomic E-state index is 0.0194. The number of nitrogens with one attached hydrogen (secondary N) is 3. The van der Waals surface area contributed by atoms with Gasteiger partial charge in [0.1, 0.15) is 6.07 Å². The van der Waals surface area contributed by atoms with Crippen LogP contribution in [-0.4, -0.2) is 33.3 Å². The van der Waals surface area contributed by atoms with Crippen molar-refractivity contribution >= 4 is 23.4 Å². The van der Waals surface area contributed by atoms with E-state index in [9.17, 15) is 14.4 Å². The van der Waals surface area contributed by atoms with Gasteiger partial charge in [-0.1, -0.05) is 13.8 Å². The zero-order chi connectivity index (χ0) is 21.7. The van der Waals surface area contributed by atoms with Gasteiger partial charge < -0.3 is 21.1 Å². The minimum atomic E-state index is -1.16. The van der Waals surface area contributed by atoms with Crippen LogP contribution >= 0.6 is 0 Å². The Morgan fingerprint density at radius 3 is 2.48 bits per heavy atom. The molecule has 9 heteroatoms. The molecule has 0 unspecified atom stereocenters. The summed E-state index contributed by atoms with van der Waals surface area (Å²) in [6.07, 6.45) is 0.444. The Labute approximate surface area is 169 Å². The van der Waals surface area contributed by atoms with Crippen molar-refractivity contribution < 1.29 is 14.3 Å². The third-order valence-corrected chi connectivity index (χ3v) is 4.61. The van der Waals surface area contributed by atoms with Crippen LogP contribution in [0.1, 0.15) is 37.6 Å². The molecule has 0 saturated carbocycles. The zero-order valence-corrected chi connectivity index (χ0v) is 17.0. The number of nitriles is 1. The molecule has 29 heavy (non-hydrogen) atoms. The van der Waals surface area contributed by atoms with Crippen LogP contribution in [0, 0.1) is 36.9 Å². The van der Waals surface area contributed by atoms with Crippen LogP contribution in [0.25, 0.3) is 0 Å². The van der Waals surface area contributed by atoms with Crippen molar-refractivity contribution in [2.45, 2.75) is 46.7 Å². The van der Waals surface area contributed by atoms with Crippen LogP contribution in [0.15, 0.2) is 18.3 Å². The number of hydrogen-bond acceptors (Lipinski definition) is 6. The van der Waals surface area contributed by atoms with Gasteiger partial charge in [-0.2, -0.15) is 5.26 Å². The Morgan fingerprint density at radius 1 is 1.24 bits per heavy atom. The summed E-state index contributed by atoms with van der Waals surface area (Å²) in [6, 6.07) is 3.97. The van der Waals surface area contributed by atoms with E-state index in [0.29, 0.717) is 5.69 Å². The van der Waals surface area contributed by atoms with Gasteiger partial charge in [-0.15, -0.1) is 0 Å². The predicted molar refractivity (Wildman–Crippen MR) is 109 cm³/mol. The molecule has 0 spiro atoms. The van der Waals surface area contributed by atoms with Crippen LogP contribution in [0.5, 0.6) is 0 Å². The van der Waals surface area contributed by atoms with Gasteiger partial charge in [0.05, 0.1) is 17.4 Å². The fraction of sp³-hybridized carbons (Fsp3) is 0.400. The number of carbonyl (C=O) groups is 1. The average molecular weight is 400 g/mol. The normalized spacial score (nSPS) is 12.8. The third kappa shape index (κ3) is 5.54. The van der Waals surface area contributed by atoms with Gasteiger partial charge in [0.2, 0.25) is 0 Å². The van der Waals surface area contributed by atoms with E-state index in [1.807, 2.05) is 39.8 Å². The van der Waals surface area contributed by atoms with E-state index in [4.69, 9.17) is 5.11 Å². The standard InChI is InChI=1S/C20H25FN6O2/c1-10(2)17(13(5)24-20(28)29)26-19-16(21)7-14(8-22)18(27-19)25-15-6-11(3)12(4)23-9-15/h6-7,9-10,13,17,24H,1-5H3,(H,28,29)(H2,25,26,27)/t13-,17+/m0/s1. The molecular formula is C20H25FN6O2. The van der Waals surface area contributed by atoms with Gasteiger partial charge in [-0.05, 0) is 44.4 Å². The van der Waals surface area contributed by atoms with E-state index in [1.54, 1.807) is 13.1 Å². The van der Waals surface area contributed by atoms with Crippen molar-refractivity contribution in [2.75, 3.05) is 10.6 Å². The number of hydrogen-bond donors (Lipinski definition) is 4. The van der Waals surface area contributed by atoms with Crippen LogP contribution in [-0.2, 0) is 0 Å². The molecule has 8 nitrogen and oxygen atoms in total. The first-order valence-electron chi connectivity index (χ1n) is 9.19. The second-order valence-electron chi connectivity index (χ2n) is 7.23. The summed E-state index contributed by atoms with van der Waals surface area (Å²) in [7, 11) is 0. The molecule has 0 fully saturated rings. The molecule has 154 valence electrons. The van der Waals surface area contributed by atoms with Crippen LogP contribution in [0.4, 0.5) is 26.5 Å². The van der Waals surface area contributed by atoms with Crippen molar-refractivity contribution in [2.24, 2.45) is 5.92 Å². The number of halogens is 1. The highest BCUT2D eigenvalue weighted by Crippen LogP contribution is 2.25. The fourth-order valence-electron chi connectivity index (χ4n) is 2.93. The molecule has 0 radical (unpaired) electrons. The Balaban J connectivity index is 2.37. The summed E-state index contributed by atoms with van der Waals surface area (Å²) in [6.45, 7) is 9.26. The number of amides is 1. The first kappa shape index (κ1) is 21.9. The molecule has 4 N–H and O–H groups in total. The maximum Gasteiger partial charge on any atom is 0.404 e. The number of aromatic nitrogens is 2. The second-order valence-corrected chi connectivity index (χ2v) is 7.23. The van der Waals surface area contributed by atoms with Gasteiger partial charge in [0.25, 0.3) is 0 Å². The van der Waals surface area contributed by atoms with Gasteiger partial charge in [0, 0.05) is 17.8 Å². The van der Waals surface area contributed by atoms with Crippen LogP contribution in [0.3, 0.4) is 0 Å². The molecule has 0 aliphatic carbocycles. The lowest BCUT2D eigenvalue weighted by Gasteiger charge is -2.29. The molecule has 0 aliphatic rings. The van der Waals surface area contributed by atoms with E-state index >= 15 is 0 Å². The second kappa shape index (κ2) is 9.19. The summed E-state index contributed by atoms with van der Waals surface area (Å²) in [5.41, 5.74) is 2.51. The van der Waals surface area contributed by atoms with Crippen molar-refractivity contribution in [1.82, 2.24) is 15.3 Å². The van der Waals surface area contributed by atoms with Crippen LogP contribution in [0.2, 0.25) is 0 Å². The zero-order valence-electron chi connectivity index (χ0n) is 17.0. The van der Waals surface area contributed by atoms with Crippen LogP contribution < -0.4 is 16.0 Å². The quantitative estimate of drug-likeness (QED) is 0.555. The number of rotatable bonds is 7. The Bertz CT molecular complexity index is 941. The van der Waals surface area contributed by atoms with Crippen molar-refractivity contribution in [3.05, 3.63) is 41.0 Å². The molecular weight excluding hydrogens is 375 g/mol. The van der Waals surface area contributed by atoms with Gasteiger partial charge in [-0.3, -0.25) is 4.98 Å². The molecule has 2 rings (SSSR count). The number of anilines is 3. The fourth-order valence-corrected chi connectivity index (χ4v) is 2.93. The number of nitrogens with zero attached hydrogens (tertiary/aromatic N) is 3. The molecule has 0 bridgehead atoms. The van der Waals surface area contributed by atoms with Gasteiger partial charge in [0.15, 0.2) is 17.5 Å². The molecule has 0 saturated heterocycles. The third-order valence-electron chi connectivity index (χ3n) is 4.61. The highest BCUT2D eigenvalue weighted by Gasteiger charge is 2.24. The maximum atomic E-state index is 14.6. The molecule has 2 heterocycles. The molecule has 2 atom stereocenters. The maximum absolute atomic E-state index is 14.6. The smallest absolute Gasteiger partial charge is 0.404 e. The lowest BCUT2D eigenvalue weighted by Crippen LogP contribution is -2.47. The minimum Gasteiger partial charge on any atom is -0.465 e. The summed E-state index contributed by atoms with van der Waals surface area (Å²) in [5, 5.41) is 26.7. The van der Waals surface area contributed by atoms with Crippen molar-refractivity contribution in [1.29, 1.82) is 5.26 Å². The number of pyridine rings is 2. The summed E-state index contributed by atoms with van der Waals surface area (Å²) in [4.78, 5) is 19.5. The Morgan fingerprint density at radius 2 is 1.93 bits per heavy atom. The molecule has 2 aromatic rings. The summed E-state index contributed by atoms with van der Waals surface area (Å²) in [5.74, 6) is -0.601. The number of aryl methyl sites for hydroxylation is 2. The SMILES string of the molecule is Cc1cc(Nc2nc(N[C@H](C(C)C)[C@H](C)NC(=O)O)c(F)cc2C#N)cnc1C. The van der Waals surface area contributed by atoms with E-state index in [1.165, 1.54) is 0 Å². The van der Waals surface area contributed by atoms with E-state index in [-0.39, 0.29) is 23.1 Å². The summed E-state index contributed by atoms with van der Waals surface area (Å²) < 4.78 is 14.6. The first-order chi connectivity index (χ1) is 13.6. The van der Waals surface area contributed by atoms with Crippen molar-refractivity contribution in [3.8, 4) is 6.07 Å². The summed E-state index contributed by atoms with van der Waals surface area (Å²) >= 11 is 0. The largest absolute Gasteiger partial charge is 0.465 e. The average Bonchev–Trinajstić information content (AvgIpc) is 2.63. The van der Waals surface area contributed by atoms with Crippen molar-refractivity contribution in [3.63, 3.8) is 0 Å². The van der Waals surface area contributed by atoms with E-state index in [2.05, 4.69) is 25.9 Å². The number of carboxylic acid groups (broad SMARTS) is 1. The van der Waals surface area contributed by atoms with Gasteiger partial charge >= 0.3 is 6.09 Å². The first-order valence-corrected chi connectivity index (χ1v) is 9.19. The Kier molecular flexibility index (Phi) is 6.93. The lowest BCUT2D eigenvalue weighted by molar-refractivity contribution is 0.188. The van der Waals surface area contributed by atoms with Gasteiger partial charge in [-0.25, -0.2) is 14.2 Å². The molecule has 2 aromatic heterocycles. The highest BCUT2D eigenvalue weighted by molar-refractivity contribution is 5.66. The molecule has 1 amide bonds. The van der Waals surface area contributed by atoms with E-state index < -0.39 is 24.0 Å². The topological polar surface area (TPSA) is 123 Å². The monoisotopic (exact) mass is 400 g/mol. The highest BCUT2D eigenvalue weighted by atomic mass is 19.1. The lowest BCUT2D eigenvalue weighted by atomic mass is 9.97.